The molecule has 0 atom stereocenters. The van der Waals surface area contributed by atoms with Crippen molar-refractivity contribution >= 4 is 17.5 Å². The van der Waals surface area contributed by atoms with Gasteiger partial charge in [0.2, 0.25) is 11.8 Å². The Hall–Kier alpha value is -3.30. The van der Waals surface area contributed by atoms with Crippen LogP contribution in [0, 0.1) is 11.6 Å². The predicted molar refractivity (Wildman–Crippen MR) is 106 cm³/mol. The van der Waals surface area contributed by atoms with Crippen LogP contribution in [0.4, 0.5) is 20.4 Å². The van der Waals surface area contributed by atoms with Gasteiger partial charge in [0.05, 0.1) is 13.2 Å². The SMILES string of the molecule is NC(=O)c1nc(-c2c(F)cccc2F)oc1Nc1ccc(CN2CCOCC2)cc1. The monoisotopic (exact) mass is 414 g/mol. The van der Waals surface area contributed by atoms with Crippen LogP contribution in [0.2, 0.25) is 0 Å². The minimum atomic E-state index is -0.881. The lowest BCUT2D eigenvalue weighted by Crippen LogP contribution is -2.35. The van der Waals surface area contributed by atoms with Gasteiger partial charge in [-0.15, -0.1) is 0 Å². The molecule has 9 heteroatoms. The standard InChI is InChI=1S/C21H20F2N4O3/c22-15-2-1-3-16(23)17(15)20-26-18(19(24)28)21(30-20)25-14-6-4-13(5-7-14)12-27-8-10-29-11-9-27/h1-7,25H,8-12H2,(H2,24,28). The molecule has 3 aromatic rings. The van der Waals surface area contributed by atoms with Crippen LogP contribution in [0.3, 0.4) is 0 Å². The summed E-state index contributed by atoms with van der Waals surface area (Å²) in [4.78, 5) is 17.9. The molecular weight excluding hydrogens is 394 g/mol. The number of anilines is 2. The number of aromatic nitrogens is 1. The molecule has 1 aliphatic heterocycles. The van der Waals surface area contributed by atoms with E-state index in [1.54, 1.807) is 0 Å². The van der Waals surface area contributed by atoms with E-state index in [2.05, 4.69) is 15.2 Å². The Morgan fingerprint density at radius 2 is 1.77 bits per heavy atom. The molecule has 0 radical (unpaired) electrons. The van der Waals surface area contributed by atoms with Crippen LogP contribution in [0.25, 0.3) is 11.5 Å². The van der Waals surface area contributed by atoms with Crippen molar-refractivity contribution in [2.75, 3.05) is 31.6 Å². The molecule has 30 heavy (non-hydrogen) atoms. The lowest BCUT2D eigenvalue weighted by molar-refractivity contribution is 0.0342. The zero-order chi connectivity index (χ0) is 21.1. The Labute approximate surface area is 171 Å². The second-order valence-electron chi connectivity index (χ2n) is 6.87. The first-order valence-corrected chi connectivity index (χ1v) is 9.42. The van der Waals surface area contributed by atoms with E-state index in [9.17, 15) is 13.6 Å². The molecule has 0 saturated carbocycles. The lowest BCUT2D eigenvalue weighted by atomic mass is 10.2. The number of hydrogen-bond donors (Lipinski definition) is 2. The quantitative estimate of drug-likeness (QED) is 0.643. The Morgan fingerprint density at radius 1 is 1.10 bits per heavy atom. The van der Waals surface area contributed by atoms with Crippen LogP contribution < -0.4 is 11.1 Å². The number of nitrogens with zero attached hydrogens (tertiary/aromatic N) is 2. The maximum atomic E-state index is 14.1. The molecule has 7 nitrogen and oxygen atoms in total. The number of hydrogen-bond acceptors (Lipinski definition) is 6. The molecule has 4 rings (SSSR count). The van der Waals surface area contributed by atoms with Crippen molar-refractivity contribution in [3.05, 3.63) is 65.4 Å². The number of carbonyl (C=O) groups excluding carboxylic acids is 1. The summed E-state index contributed by atoms with van der Waals surface area (Å²) in [6.07, 6.45) is 0. The molecular formula is C21H20F2N4O3. The normalized spacial score (nSPS) is 14.6. The molecule has 1 fully saturated rings. The van der Waals surface area contributed by atoms with Crippen molar-refractivity contribution in [1.82, 2.24) is 9.88 Å². The number of rotatable bonds is 6. The Kier molecular flexibility index (Phi) is 5.73. The molecule has 1 aliphatic rings. The second-order valence-corrected chi connectivity index (χ2v) is 6.87. The lowest BCUT2D eigenvalue weighted by Gasteiger charge is -2.26. The minimum Gasteiger partial charge on any atom is -0.419 e. The summed E-state index contributed by atoms with van der Waals surface area (Å²) in [6.45, 7) is 4.03. The fourth-order valence-corrected chi connectivity index (χ4v) is 3.22. The second kappa shape index (κ2) is 8.60. The van der Waals surface area contributed by atoms with E-state index >= 15 is 0 Å². The third-order valence-corrected chi connectivity index (χ3v) is 4.76. The first-order chi connectivity index (χ1) is 14.5. The van der Waals surface area contributed by atoms with E-state index in [4.69, 9.17) is 14.9 Å². The Bertz CT molecular complexity index is 1030. The van der Waals surface area contributed by atoms with Gasteiger partial charge >= 0.3 is 0 Å². The van der Waals surface area contributed by atoms with Crippen molar-refractivity contribution in [2.24, 2.45) is 5.73 Å². The highest BCUT2D eigenvalue weighted by Crippen LogP contribution is 2.31. The third-order valence-electron chi connectivity index (χ3n) is 4.76. The minimum absolute atomic E-state index is 0.0823. The van der Waals surface area contributed by atoms with Gasteiger partial charge in [-0.05, 0) is 29.8 Å². The van der Waals surface area contributed by atoms with Crippen molar-refractivity contribution in [1.29, 1.82) is 0 Å². The summed E-state index contributed by atoms with van der Waals surface area (Å²) in [5, 5.41) is 2.91. The topological polar surface area (TPSA) is 93.6 Å². The molecule has 2 aromatic carbocycles. The van der Waals surface area contributed by atoms with Gasteiger partial charge < -0.3 is 20.2 Å². The zero-order valence-corrected chi connectivity index (χ0v) is 16.0. The van der Waals surface area contributed by atoms with Crippen molar-refractivity contribution in [2.45, 2.75) is 6.54 Å². The number of amides is 1. The van der Waals surface area contributed by atoms with Gasteiger partial charge in [-0.1, -0.05) is 18.2 Å². The van der Waals surface area contributed by atoms with Crippen molar-refractivity contribution < 1.29 is 22.7 Å². The van der Waals surface area contributed by atoms with Crippen LogP contribution in [-0.2, 0) is 11.3 Å². The van der Waals surface area contributed by atoms with E-state index in [0.29, 0.717) is 5.69 Å². The third kappa shape index (κ3) is 4.32. The van der Waals surface area contributed by atoms with Gasteiger partial charge in [0, 0.05) is 25.3 Å². The van der Waals surface area contributed by atoms with Gasteiger partial charge in [0.15, 0.2) is 5.69 Å². The highest BCUT2D eigenvalue weighted by Gasteiger charge is 2.23. The average molecular weight is 414 g/mol. The first kappa shape index (κ1) is 20.0. The highest BCUT2D eigenvalue weighted by molar-refractivity contribution is 5.96. The molecule has 0 bridgehead atoms. The molecule has 2 heterocycles. The molecule has 3 N–H and O–H groups in total. The summed E-state index contributed by atoms with van der Waals surface area (Å²) in [6, 6.07) is 10.9. The van der Waals surface area contributed by atoms with Gasteiger partial charge in [0.1, 0.15) is 17.2 Å². The van der Waals surface area contributed by atoms with E-state index in [1.165, 1.54) is 6.07 Å². The predicted octanol–water partition coefficient (Wildman–Crippen LogP) is 3.29. The Morgan fingerprint density at radius 3 is 2.40 bits per heavy atom. The fourth-order valence-electron chi connectivity index (χ4n) is 3.22. The van der Waals surface area contributed by atoms with Crippen molar-refractivity contribution in [3.63, 3.8) is 0 Å². The highest BCUT2D eigenvalue weighted by atomic mass is 19.1. The number of ether oxygens (including phenoxy) is 1. The summed E-state index contributed by atoms with van der Waals surface area (Å²) in [5.74, 6) is -3.04. The number of carbonyl (C=O) groups is 1. The maximum Gasteiger partial charge on any atom is 0.273 e. The number of primary amides is 1. The van der Waals surface area contributed by atoms with E-state index in [0.717, 1.165) is 50.5 Å². The summed E-state index contributed by atoms with van der Waals surface area (Å²) >= 11 is 0. The average Bonchev–Trinajstić information content (AvgIpc) is 3.14. The van der Waals surface area contributed by atoms with E-state index < -0.39 is 23.1 Å². The van der Waals surface area contributed by atoms with Crippen LogP contribution in [0.15, 0.2) is 46.9 Å². The zero-order valence-electron chi connectivity index (χ0n) is 16.0. The van der Waals surface area contributed by atoms with Crippen LogP contribution in [0.1, 0.15) is 16.1 Å². The summed E-state index contributed by atoms with van der Waals surface area (Å²) < 4.78 is 38.9. The number of benzene rings is 2. The Balaban J connectivity index is 1.55. The van der Waals surface area contributed by atoms with Gasteiger partial charge in [-0.3, -0.25) is 9.69 Å². The number of nitrogens with two attached hydrogens (primary N) is 1. The number of nitrogens with one attached hydrogen (secondary N) is 1. The van der Waals surface area contributed by atoms with E-state index in [-0.39, 0.29) is 17.5 Å². The fraction of sp³-hybridized carbons (Fsp3) is 0.238. The molecule has 156 valence electrons. The maximum absolute atomic E-state index is 14.1. The molecule has 0 aliphatic carbocycles. The summed E-state index contributed by atoms with van der Waals surface area (Å²) in [7, 11) is 0. The van der Waals surface area contributed by atoms with Crippen LogP contribution in [-0.4, -0.2) is 42.1 Å². The van der Waals surface area contributed by atoms with Gasteiger partial charge in [-0.25, -0.2) is 13.8 Å². The van der Waals surface area contributed by atoms with E-state index in [1.807, 2.05) is 24.3 Å². The largest absolute Gasteiger partial charge is 0.419 e. The number of oxazole rings is 1. The molecule has 1 amide bonds. The van der Waals surface area contributed by atoms with Gasteiger partial charge in [-0.2, -0.15) is 0 Å². The molecule has 1 aromatic heterocycles. The van der Waals surface area contributed by atoms with Crippen LogP contribution >= 0.6 is 0 Å². The first-order valence-electron chi connectivity index (χ1n) is 9.42. The summed E-state index contributed by atoms with van der Waals surface area (Å²) in [5.41, 5.74) is 6.38. The molecule has 0 spiro atoms. The number of morpholine rings is 1. The number of halogens is 2. The molecule has 1 saturated heterocycles. The smallest absolute Gasteiger partial charge is 0.273 e. The molecule has 0 unspecified atom stereocenters. The van der Waals surface area contributed by atoms with Gasteiger partial charge in [0.25, 0.3) is 5.91 Å². The van der Waals surface area contributed by atoms with Crippen LogP contribution in [0.5, 0.6) is 0 Å². The van der Waals surface area contributed by atoms with Crippen molar-refractivity contribution in [3.8, 4) is 11.5 Å².